The van der Waals surface area contributed by atoms with Gasteiger partial charge >= 0.3 is 37.9 Å². The zero-order valence-corrected chi connectivity index (χ0v) is 35.6. The molecule has 0 unspecified atom stereocenters. The molecule has 0 aromatic carbocycles. The topological polar surface area (TPSA) is 28.2 Å². The number of hydrogen-bond donors (Lipinski definition) is 0. The van der Waals surface area contributed by atoms with Gasteiger partial charge in [-0.25, -0.2) is 0 Å². The van der Waals surface area contributed by atoms with Crippen molar-refractivity contribution < 1.29 is 20.8 Å². The van der Waals surface area contributed by atoms with E-state index in [1.165, 1.54) is 205 Å². The normalized spacial score (nSPS) is 10.6. The van der Waals surface area contributed by atoms with E-state index in [1.807, 2.05) is 0 Å². The van der Waals surface area contributed by atoms with Crippen molar-refractivity contribution in [3.63, 3.8) is 0 Å². The van der Waals surface area contributed by atoms with Gasteiger partial charge in [0.15, 0.2) is 0 Å². The molecule has 0 spiro atoms. The van der Waals surface area contributed by atoms with Crippen molar-refractivity contribution in [1.29, 1.82) is 0 Å². The van der Waals surface area contributed by atoms with Crippen molar-refractivity contribution in [2.75, 3.05) is 26.2 Å². The Hall–Kier alpha value is 1.38. The van der Waals surface area contributed by atoms with Crippen LogP contribution in [0.2, 0.25) is 0 Å². The summed E-state index contributed by atoms with van der Waals surface area (Å²) in [5.41, 5.74) is 0. The van der Waals surface area contributed by atoms with Gasteiger partial charge in [0.25, 0.3) is 0 Å². The summed E-state index contributed by atoms with van der Waals surface area (Å²) >= 11 is -0.826. The fraction of sp³-hybridized carbons (Fsp3) is 1.00. The standard InChI is InChI=1S/2C20H42N.2ClH.Zr/c2*1-3-5-7-9-11-13-15-17-19-21-20-18-16-14-12-10-8-6-4-2;;;/h2*3-20H2,1-2H3;2*1H;/q2*-1;;;+4/p-2. The number of rotatable bonds is 36. The van der Waals surface area contributed by atoms with E-state index in [-0.39, 0.29) is 0 Å². The molecule has 0 fully saturated rings. The fourth-order valence-electron chi connectivity index (χ4n) is 5.65. The van der Waals surface area contributed by atoms with Gasteiger partial charge in [-0.15, -0.1) is 26.2 Å². The molecule has 0 atom stereocenters. The first-order chi connectivity index (χ1) is 22.2. The number of unbranched alkanes of at least 4 members (excludes halogenated alkanes) is 28. The van der Waals surface area contributed by atoms with E-state index in [2.05, 4.69) is 38.3 Å². The van der Waals surface area contributed by atoms with Crippen LogP contribution in [0.4, 0.5) is 0 Å². The van der Waals surface area contributed by atoms with E-state index in [9.17, 15) is 0 Å². The molecule has 272 valence electrons. The molecule has 0 aromatic rings. The predicted molar refractivity (Wildman–Crippen MR) is 208 cm³/mol. The Bertz CT molecular complexity index is 369. The number of hydrogen-bond acceptors (Lipinski definition) is 0. The Kier molecular flexibility index (Phi) is 61.8. The van der Waals surface area contributed by atoms with E-state index in [4.69, 9.17) is 17.0 Å². The van der Waals surface area contributed by atoms with Gasteiger partial charge in [-0.05, 0) is 0 Å². The molecule has 0 radical (unpaired) electrons. The molecule has 0 bridgehead atoms. The van der Waals surface area contributed by atoms with Crippen LogP contribution in [0.3, 0.4) is 0 Å². The van der Waals surface area contributed by atoms with E-state index in [0.29, 0.717) is 0 Å². The van der Waals surface area contributed by atoms with Gasteiger partial charge in [0.05, 0.1) is 0 Å². The predicted octanol–water partition coefficient (Wildman–Crippen LogP) is 16.7. The summed E-state index contributed by atoms with van der Waals surface area (Å²) in [5.74, 6) is 0. The second kappa shape index (κ2) is 54.8. The van der Waals surface area contributed by atoms with Crippen LogP contribution in [0, 0.1) is 0 Å². The molecule has 0 aliphatic rings. The molecule has 0 saturated heterocycles. The Morgan fingerprint density at radius 3 is 0.556 bits per heavy atom. The summed E-state index contributed by atoms with van der Waals surface area (Å²) in [6.45, 7) is 13.6. The minimum absolute atomic E-state index is 0.826. The maximum atomic E-state index is 4.93. The summed E-state index contributed by atoms with van der Waals surface area (Å²) in [6, 6.07) is 0. The average Bonchev–Trinajstić information content (AvgIpc) is 3.05. The van der Waals surface area contributed by atoms with Gasteiger partial charge in [0.1, 0.15) is 0 Å². The molecule has 0 aliphatic carbocycles. The summed E-state index contributed by atoms with van der Waals surface area (Å²) in [6.07, 6.45) is 45.1. The van der Waals surface area contributed by atoms with Crippen molar-refractivity contribution in [3.05, 3.63) is 10.6 Å². The van der Waals surface area contributed by atoms with Crippen LogP contribution >= 0.6 is 17.0 Å². The van der Waals surface area contributed by atoms with E-state index in [1.54, 1.807) is 0 Å². The van der Waals surface area contributed by atoms with Gasteiger partial charge in [-0.2, -0.15) is 0 Å². The van der Waals surface area contributed by atoms with Crippen LogP contribution in [0.1, 0.15) is 233 Å². The van der Waals surface area contributed by atoms with Crippen molar-refractivity contribution in [3.8, 4) is 0 Å². The SMILES string of the molecule is CCCCCCCCCC[N-]CCCCCCCCCC.CCCCCCCCCC[N-]CCCCCCCCCC.[Cl][Zr+2][Cl]. The summed E-state index contributed by atoms with van der Waals surface area (Å²) in [7, 11) is 9.87. The fourth-order valence-corrected chi connectivity index (χ4v) is 5.65. The zero-order chi connectivity index (χ0) is 33.6. The Labute approximate surface area is 305 Å². The first-order valence-electron chi connectivity index (χ1n) is 20.5. The third-order valence-electron chi connectivity index (χ3n) is 8.68. The summed E-state index contributed by atoms with van der Waals surface area (Å²) in [5, 5.41) is 9.33. The zero-order valence-electron chi connectivity index (χ0n) is 31.6. The van der Waals surface area contributed by atoms with Gasteiger partial charge in [-0.1, -0.05) is 233 Å². The third-order valence-corrected chi connectivity index (χ3v) is 8.68. The van der Waals surface area contributed by atoms with Crippen molar-refractivity contribution in [2.45, 2.75) is 233 Å². The van der Waals surface area contributed by atoms with Crippen molar-refractivity contribution in [1.82, 2.24) is 0 Å². The second-order valence-corrected chi connectivity index (χ2v) is 17.0. The summed E-state index contributed by atoms with van der Waals surface area (Å²) in [4.78, 5) is 0. The molecule has 45 heavy (non-hydrogen) atoms. The molecule has 0 saturated carbocycles. The van der Waals surface area contributed by atoms with Crippen LogP contribution in [0.5, 0.6) is 0 Å². The molecule has 5 heteroatoms. The molecular weight excluding hydrogens is 671 g/mol. The molecule has 2 nitrogen and oxygen atoms in total. The molecule has 0 N–H and O–H groups in total. The molecule has 0 rings (SSSR count). The minimum atomic E-state index is -0.826. The van der Waals surface area contributed by atoms with Crippen molar-refractivity contribution in [2.24, 2.45) is 0 Å². The Morgan fingerprint density at radius 2 is 0.400 bits per heavy atom. The number of halogens is 2. The first kappa shape index (κ1) is 50.8. The quantitative estimate of drug-likeness (QED) is 0.0570. The third kappa shape index (κ3) is 61.1. The Balaban J connectivity index is -0.000000720. The molecule has 0 aliphatic heterocycles. The van der Waals surface area contributed by atoms with Gasteiger partial charge in [0, 0.05) is 0 Å². The molecular formula is C40H84Cl2N2Zr. The van der Waals surface area contributed by atoms with E-state index >= 15 is 0 Å². The second-order valence-electron chi connectivity index (χ2n) is 13.3. The molecule has 0 amide bonds. The van der Waals surface area contributed by atoms with Crippen LogP contribution in [0.15, 0.2) is 0 Å². The van der Waals surface area contributed by atoms with Crippen LogP contribution < -0.4 is 0 Å². The van der Waals surface area contributed by atoms with Gasteiger partial charge in [0.2, 0.25) is 0 Å². The monoisotopic (exact) mass is 753 g/mol. The van der Waals surface area contributed by atoms with Crippen LogP contribution in [-0.2, 0) is 20.8 Å². The maximum absolute atomic E-state index is 4.93. The average molecular weight is 755 g/mol. The van der Waals surface area contributed by atoms with Gasteiger partial charge in [-0.3, -0.25) is 0 Å². The molecule has 0 heterocycles. The van der Waals surface area contributed by atoms with Gasteiger partial charge < -0.3 is 10.6 Å². The number of nitrogens with zero attached hydrogens (tertiary/aromatic N) is 2. The van der Waals surface area contributed by atoms with Crippen LogP contribution in [-0.4, -0.2) is 26.2 Å². The first-order valence-corrected chi connectivity index (χ1v) is 26.8. The van der Waals surface area contributed by atoms with Crippen molar-refractivity contribution >= 4 is 17.0 Å². The van der Waals surface area contributed by atoms with Crippen LogP contribution in [0.25, 0.3) is 10.6 Å². The molecule has 0 aromatic heterocycles. The Morgan fingerprint density at radius 1 is 0.267 bits per heavy atom. The van der Waals surface area contributed by atoms with E-state index < -0.39 is 20.8 Å². The summed E-state index contributed by atoms with van der Waals surface area (Å²) < 4.78 is 0. The van der Waals surface area contributed by atoms with E-state index in [0.717, 1.165) is 26.2 Å².